The van der Waals surface area contributed by atoms with Gasteiger partial charge in [0.15, 0.2) is 6.29 Å². The number of nitrogens with one attached hydrogen (secondary N) is 1. The van der Waals surface area contributed by atoms with Crippen LogP contribution in [0.4, 0.5) is 0 Å². The van der Waals surface area contributed by atoms with Crippen LogP contribution >= 0.6 is 0 Å². The zero-order chi connectivity index (χ0) is 40.9. The monoisotopic (exact) mass is 792 g/mol. The smallest absolute Gasteiger partial charge is 0.220 e. The van der Waals surface area contributed by atoms with Crippen LogP contribution in [0.5, 0.6) is 0 Å². The molecule has 1 fully saturated rings. The van der Waals surface area contributed by atoms with Gasteiger partial charge in [-0.15, -0.1) is 0 Å². The summed E-state index contributed by atoms with van der Waals surface area (Å²) in [5, 5.41) is 54.1. The summed E-state index contributed by atoms with van der Waals surface area (Å²) in [5.74, 6) is -0.198. The highest BCUT2D eigenvalue weighted by molar-refractivity contribution is 5.76. The lowest BCUT2D eigenvalue weighted by Crippen LogP contribution is -2.60. The Hall–Kier alpha value is -1.85. The standard InChI is InChI=1S/C47H85NO8/c1-3-5-7-9-11-13-15-17-19-20-21-23-24-26-28-30-32-34-36-41(50)40(39-55-47-46(54)45(53)44(52)42(38-49)56-47)48-43(51)37-35-33-31-29-27-25-22-18-16-14-12-10-8-6-4-2/h14,16,20-21,26,28,34,36,40-42,44-47,49-50,52-54H,3-13,15,17-19,22-25,27,29-33,35,37-39H2,1-2H3,(H,48,51)/b16-14-,21-20+,28-26+,36-34+. The summed E-state index contributed by atoms with van der Waals surface area (Å²) in [6, 6.07) is -0.829. The van der Waals surface area contributed by atoms with E-state index in [4.69, 9.17) is 9.47 Å². The van der Waals surface area contributed by atoms with Gasteiger partial charge in [-0.25, -0.2) is 0 Å². The first-order chi connectivity index (χ1) is 27.3. The molecule has 0 saturated carbocycles. The molecule has 1 heterocycles. The number of carbonyl (C=O) groups is 1. The second-order valence-corrected chi connectivity index (χ2v) is 15.8. The lowest BCUT2D eigenvalue weighted by Gasteiger charge is -2.40. The van der Waals surface area contributed by atoms with Gasteiger partial charge < -0.3 is 40.3 Å². The average molecular weight is 792 g/mol. The van der Waals surface area contributed by atoms with E-state index in [0.29, 0.717) is 6.42 Å². The Balaban J connectivity index is 2.41. The van der Waals surface area contributed by atoms with E-state index in [-0.39, 0.29) is 12.5 Å². The van der Waals surface area contributed by atoms with Crippen molar-refractivity contribution in [3.05, 3.63) is 48.6 Å². The molecule has 0 aromatic heterocycles. The first-order valence-electron chi connectivity index (χ1n) is 22.9. The van der Waals surface area contributed by atoms with E-state index in [9.17, 15) is 30.3 Å². The largest absolute Gasteiger partial charge is 0.394 e. The number of hydrogen-bond donors (Lipinski definition) is 6. The lowest BCUT2D eigenvalue weighted by molar-refractivity contribution is -0.302. The molecule has 0 radical (unpaired) electrons. The number of allylic oxidation sites excluding steroid dienone is 7. The van der Waals surface area contributed by atoms with Gasteiger partial charge >= 0.3 is 0 Å². The summed E-state index contributed by atoms with van der Waals surface area (Å²) in [4.78, 5) is 12.9. The third-order valence-electron chi connectivity index (χ3n) is 10.6. The molecule has 9 heteroatoms. The van der Waals surface area contributed by atoms with Crippen molar-refractivity contribution >= 4 is 5.91 Å². The van der Waals surface area contributed by atoms with Crippen LogP contribution in [0.15, 0.2) is 48.6 Å². The molecule has 0 aromatic carbocycles. The maximum absolute atomic E-state index is 12.9. The first-order valence-corrected chi connectivity index (χ1v) is 22.9. The molecular weight excluding hydrogens is 707 g/mol. The molecule has 0 spiro atoms. The highest BCUT2D eigenvalue weighted by Crippen LogP contribution is 2.22. The number of aliphatic hydroxyl groups is 5. The van der Waals surface area contributed by atoms with Crippen molar-refractivity contribution in [3.8, 4) is 0 Å². The Labute approximate surface area is 342 Å². The molecule has 9 nitrogen and oxygen atoms in total. The fourth-order valence-electron chi connectivity index (χ4n) is 6.89. The molecular formula is C47H85NO8. The van der Waals surface area contributed by atoms with Crippen LogP contribution in [0.3, 0.4) is 0 Å². The highest BCUT2D eigenvalue weighted by atomic mass is 16.7. The van der Waals surface area contributed by atoms with Crippen molar-refractivity contribution < 1.29 is 39.8 Å². The average Bonchev–Trinajstić information content (AvgIpc) is 3.20. The van der Waals surface area contributed by atoms with Crippen molar-refractivity contribution in [2.24, 2.45) is 0 Å². The summed E-state index contributed by atoms with van der Waals surface area (Å²) in [6.45, 7) is 3.72. The van der Waals surface area contributed by atoms with Gasteiger partial charge in [0.2, 0.25) is 5.91 Å². The fourth-order valence-corrected chi connectivity index (χ4v) is 6.89. The molecule has 7 atom stereocenters. The van der Waals surface area contributed by atoms with E-state index in [2.05, 4.69) is 55.6 Å². The molecule has 56 heavy (non-hydrogen) atoms. The minimum atomic E-state index is -1.57. The van der Waals surface area contributed by atoms with Crippen molar-refractivity contribution in [3.63, 3.8) is 0 Å². The molecule has 1 saturated heterocycles. The third-order valence-corrected chi connectivity index (χ3v) is 10.6. The van der Waals surface area contributed by atoms with E-state index in [0.717, 1.165) is 57.8 Å². The van der Waals surface area contributed by atoms with E-state index < -0.39 is 49.5 Å². The molecule has 7 unspecified atom stereocenters. The Bertz CT molecular complexity index is 1010. The number of ether oxygens (including phenoxy) is 2. The van der Waals surface area contributed by atoms with Crippen LogP contribution in [-0.2, 0) is 14.3 Å². The summed E-state index contributed by atoms with van der Waals surface area (Å²) in [7, 11) is 0. The Morgan fingerprint density at radius 3 is 1.52 bits per heavy atom. The Morgan fingerprint density at radius 2 is 1.02 bits per heavy atom. The topological polar surface area (TPSA) is 149 Å². The fraction of sp³-hybridized carbons (Fsp3) is 0.809. The normalized spacial score (nSPS) is 21.6. The predicted molar refractivity (Wildman–Crippen MR) is 230 cm³/mol. The second-order valence-electron chi connectivity index (χ2n) is 15.8. The molecule has 1 aliphatic heterocycles. The molecule has 326 valence electrons. The van der Waals surface area contributed by atoms with Crippen molar-refractivity contribution in [1.29, 1.82) is 0 Å². The summed E-state index contributed by atoms with van der Waals surface area (Å²) in [6.07, 6.45) is 40.1. The van der Waals surface area contributed by atoms with Gasteiger partial charge in [0.1, 0.15) is 24.4 Å². The molecule has 0 aromatic rings. The van der Waals surface area contributed by atoms with Gasteiger partial charge in [-0.2, -0.15) is 0 Å². The molecule has 1 amide bonds. The minimum Gasteiger partial charge on any atom is -0.394 e. The first kappa shape index (κ1) is 52.2. The molecule has 1 rings (SSSR count). The van der Waals surface area contributed by atoms with Gasteiger partial charge in [-0.05, 0) is 70.6 Å². The van der Waals surface area contributed by atoms with Crippen molar-refractivity contribution in [1.82, 2.24) is 5.32 Å². The maximum Gasteiger partial charge on any atom is 0.220 e. The van der Waals surface area contributed by atoms with Gasteiger partial charge in [-0.1, -0.05) is 159 Å². The van der Waals surface area contributed by atoms with Crippen molar-refractivity contribution in [2.45, 2.75) is 230 Å². The van der Waals surface area contributed by atoms with E-state index >= 15 is 0 Å². The van der Waals surface area contributed by atoms with Crippen LogP contribution in [0.2, 0.25) is 0 Å². The maximum atomic E-state index is 12.9. The van der Waals surface area contributed by atoms with E-state index in [1.165, 1.54) is 109 Å². The van der Waals surface area contributed by atoms with Crippen LogP contribution in [-0.4, -0.2) is 87.5 Å². The zero-order valence-corrected chi connectivity index (χ0v) is 35.6. The third kappa shape index (κ3) is 27.7. The summed E-state index contributed by atoms with van der Waals surface area (Å²) in [5.41, 5.74) is 0. The highest BCUT2D eigenvalue weighted by Gasteiger charge is 2.44. The number of amides is 1. The lowest BCUT2D eigenvalue weighted by atomic mass is 9.99. The molecule has 0 bridgehead atoms. The Morgan fingerprint density at radius 1 is 0.589 bits per heavy atom. The summed E-state index contributed by atoms with van der Waals surface area (Å²) < 4.78 is 11.2. The molecule has 6 N–H and O–H groups in total. The minimum absolute atomic E-state index is 0.198. The van der Waals surface area contributed by atoms with Gasteiger partial charge in [0.25, 0.3) is 0 Å². The van der Waals surface area contributed by atoms with Crippen LogP contribution in [0.1, 0.15) is 187 Å². The van der Waals surface area contributed by atoms with Crippen LogP contribution in [0.25, 0.3) is 0 Å². The number of unbranched alkanes of at least 4 members (excludes halogenated alkanes) is 21. The quantitative estimate of drug-likeness (QED) is 0.0269. The zero-order valence-electron chi connectivity index (χ0n) is 35.6. The van der Waals surface area contributed by atoms with Crippen molar-refractivity contribution in [2.75, 3.05) is 13.2 Å². The van der Waals surface area contributed by atoms with Gasteiger partial charge in [-0.3, -0.25) is 4.79 Å². The second kappa shape index (κ2) is 37.4. The Kier molecular flexibility index (Phi) is 34.9. The SMILES string of the molecule is CCCCCC/C=C\CCCCCCCCCC(=O)NC(COC1OC(CO)C(O)C(O)C1O)C(O)/C=C/CC/C=C/CC/C=C/CCCCCCCCCC. The van der Waals surface area contributed by atoms with E-state index in [1.54, 1.807) is 6.08 Å². The van der Waals surface area contributed by atoms with Crippen LogP contribution < -0.4 is 5.32 Å². The van der Waals surface area contributed by atoms with Gasteiger partial charge in [0, 0.05) is 6.42 Å². The van der Waals surface area contributed by atoms with E-state index in [1.807, 2.05) is 6.08 Å². The van der Waals surface area contributed by atoms with Crippen LogP contribution in [0, 0.1) is 0 Å². The predicted octanol–water partition coefficient (Wildman–Crippen LogP) is 9.45. The number of carbonyl (C=O) groups excluding carboxylic acids is 1. The molecule has 0 aliphatic carbocycles. The number of rotatable bonds is 37. The number of hydrogen-bond acceptors (Lipinski definition) is 8. The van der Waals surface area contributed by atoms with Gasteiger partial charge in [0.05, 0.1) is 25.4 Å². The molecule has 1 aliphatic rings. The summed E-state index contributed by atoms with van der Waals surface area (Å²) >= 11 is 0. The number of aliphatic hydroxyl groups excluding tert-OH is 5.